The predicted octanol–water partition coefficient (Wildman–Crippen LogP) is 3.68. The van der Waals surface area contributed by atoms with Gasteiger partial charge in [-0.1, -0.05) is 40.8 Å². The van der Waals surface area contributed by atoms with Crippen LogP contribution < -0.4 is 4.74 Å². The van der Waals surface area contributed by atoms with Crippen LogP contribution in [0.15, 0.2) is 52.9 Å². The van der Waals surface area contributed by atoms with Crippen molar-refractivity contribution < 1.29 is 9.29 Å². The molecule has 0 aliphatic heterocycles. The standard InChI is InChI=1S/C18H19NO2S/c1-22(20)19-18-9-5-8-15-10-11-16(12-17(15)18)21-13-14-6-3-2-4-7-14/h2-4,6-7,10-12H,5,8-9,13H2,1H3. The van der Waals surface area contributed by atoms with Crippen LogP contribution >= 0.6 is 0 Å². The highest BCUT2D eigenvalue weighted by atomic mass is 32.2. The number of benzene rings is 2. The first-order valence-electron chi connectivity index (χ1n) is 7.43. The first-order chi connectivity index (χ1) is 10.7. The first-order valence-corrected chi connectivity index (χ1v) is 8.95. The lowest BCUT2D eigenvalue weighted by atomic mass is 9.90. The minimum Gasteiger partial charge on any atom is -0.591 e. The van der Waals surface area contributed by atoms with E-state index in [9.17, 15) is 4.55 Å². The number of nitrogens with zero attached hydrogens (tertiary/aromatic N) is 1. The molecule has 0 amide bonds. The van der Waals surface area contributed by atoms with Crippen LogP contribution in [0.5, 0.6) is 5.75 Å². The molecule has 2 aromatic carbocycles. The van der Waals surface area contributed by atoms with E-state index in [1.54, 1.807) is 6.26 Å². The van der Waals surface area contributed by atoms with Crippen molar-refractivity contribution >= 4 is 17.1 Å². The van der Waals surface area contributed by atoms with Crippen molar-refractivity contribution in [2.75, 3.05) is 6.26 Å². The molecule has 0 heterocycles. The van der Waals surface area contributed by atoms with Crippen molar-refractivity contribution in [1.82, 2.24) is 0 Å². The number of rotatable bonds is 4. The van der Waals surface area contributed by atoms with Gasteiger partial charge in [0.1, 0.15) is 18.6 Å². The maximum absolute atomic E-state index is 11.4. The number of ether oxygens (including phenoxy) is 1. The minimum atomic E-state index is -1.16. The average molecular weight is 313 g/mol. The van der Waals surface area contributed by atoms with E-state index in [0.717, 1.165) is 41.9 Å². The topological polar surface area (TPSA) is 44.7 Å². The van der Waals surface area contributed by atoms with Gasteiger partial charge in [0, 0.05) is 5.56 Å². The summed E-state index contributed by atoms with van der Waals surface area (Å²) >= 11 is -1.16. The van der Waals surface area contributed by atoms with E-state index in [1.165, 1.54) is 5.56 Å². The van der Waals surface area contributed by atoms with Crippen molar-refractivity contribution in [3.05, 3.63) is 65.2 Å². The fraction of sp³-hybridized carbons (Fsp3) is 0.278. The summed E-state index contributed by atoms with van der Waals surface area (Å²) in [5.74, 6) is 0.832. The quantitative estimate of drug-likeness (QED) is 0.808. The van der Waals surface area contributed by atoms with Crippen LogP contribution in [-0.2, 0) is 24.4 Å². The van der Waals surface area contributed by atoms with Gasteiger partial charge in [0.2, 0.25) is 0 Å². The molecule has 1 aliphatic carbocycles. The maximum Gasteiger partial charge on any atom is 0.123 e. The van der Waals surface area contributed by atoms with Gasteiger partial charge < -0.3 is 9.29 Å². The number of fused-ring (bicyclic) bond motifs is 1. The molecule has 0 N–H and O–H groups in total. The van der Waals surface area contributed by atoms with Gasteiger partial charge in [0.05, 0.1) is 17.1 Å². The molecule has 1 unspecified atom stereocenters. The van der Waals surface area contributed by atoms with Crippen molar-refractivity contribution in [2.24, 2.45) is 4.40 Å². The molecular weight excluding hydrogens is 294 g/mol. The van der Waals surface area contributed by atoms with Crippen molar-refractivity contribution in [1.29, 1.82) is 0 Å². The van der Waals surface area contributed by atoms with E-state index < -0.39 is 11.4 Å². The second kappa shape index (κ2) is 6.99. The smallest absolute Gasteiger partial charge is 0.123 e. The van der Waals surface area contributed by atoms with Gasteiger partial charge in [-0.2, -0.15) is 0 Å². The van der Waals surface area contributed by atoms with Crippen LogP contribution in [0.4, 0.5) is 0 Å². The van der Waals surface area contributed by atoms with E-state index in [2.05, 4.69) is 10.5 Å². The molecule has 114 valence electrons. The SMILES string of the molecule is C[S+]([O-])N=C1CCCc2ccc(OCc3ccccc3)cc21. The summed E-state index contributed by atoms with van der Waals surface area (Å²) in [7, 11) is 0. The third-order valence-corrected chi connectivity index (χ3v) is 4.22. The van der Waals surface area contributed by atoms with Gasteiger partial charge in [-0.15, -0.1) is 0 Å². The van der Waals surface area contributed by atoms with Gasteiger partial charge in [-0.25, -0.2) is 0 Å². The Labute approximate surface area is 134 Å². The summed E-state index contributed by atoms with van der Waals surface area (Å²) in [5.41, 5.74) is 4.44. The summed E-state index contributed by atoms with van der Waals surface area (Å²) in [4.78, 5) is 0. The minimum absolute atomic E-state index is 0.547. The molecule has 3 rings (SSSR count). The molecular formula is C18H19NO2S. The normalized spacial score (nSPS) is 17.1. The first kappa shape index (κ1) is 15.1. The summed E-state index contributed by atoms with van der Waals surface area (Å²) in [6.45, 7) is 0.547. The molecule has 1 aliphatic rings. The fourth-order valence-electron chi connectivity index (χ4n) is 2.70. The summed E-state index contributed by atoms with van der Waals surface area (Å²) in [6.07, 6.45) is 4.60. The van der Waals surface area contributed by atoms with Gasteiger partial charge in [-0.3, -0.25) is 0 Å². The van der Waals surface area contributed by atoms with E-state index in [4.69, 9.17) is 4.74 Å². The Hall–Kier alpha value is -1.78. The Morgan fingerprint density at radius 3 is 2.73 bits per heavy atom. The molecule has 3 nitrogen and oxygen atoms in total. The third kappa shape index (κ3) is 3.70. The zero-order valence-corrected chi connectivity index (χ0v) is 13.4. The van der Waals surface area contributed by atoms with Gasteiger partial charge in [0.25, 0.3) is 0 Å². The van der Waals surface area contributed by atoms with Crippen LogP contribution in [0.2, 0.25) is 0 Å². The Morgan fingerprint density at radius 2 is 1.95 bits per heavy atom. The highest BCUT2D eigenvalue weighted by Crippen LogP contribution is 2.27. The van der Waals surface area contributed by atoms with Crippen LogP contribution in [0, 0.1) is 0 Å². The lowest BCUT2D eigenvalue weighted by Gasteiger charge is -2.18. The zero-order chi connectivity index (χ0) is 15.4. The van der Waals surface area contributed by atoms with Crippen LogP contribution in [0.25, 0.3) is 0 Å². The highest BCUT2D eigenvalue weighted by molar-refractivity contribution is 7.89. The third-order valence-electron chi connectivity index (χ3n) is 3.74. The van der Waals surface area contributed by atoms with Gasteiger partial charge >= 0.3 is 0 Å². The summed E-state index contributed by atoms with van der Waals surface area (Å²) < 4.78 is 21.6. The molecule has 0 aromatic heterocycles. The molecule has 0 radical (unpaired) electrons. The lowest BCUT2D eigenvalue weighted by Crippen LogP contribution is -2.14. The molecule has 0 fully saturated rings. The largest absolute Gasteiger partial charge is 0.591 e. The molecule has 0 spiro atoms. The summed E-state index contributed by atoms with van der Waals surface area (Å²) in [5, 5.41) is 0. The zero-order valence-electron chi connectivity index (χ0n) is 12.6. The molecule has 1 atom stereocenters. The fourth-order valence-corrected chi connectivity index (χ4v) is 3.20. The van der Waals surface area contributed by atoms with Crippen LogP contribution in [-0.4, -0.2) is 16.5 Å². The van der Waals surface area contributed by atoms with E-state index in [0.29, 0.717) is 6.61 Å². The molecule has 2 aromatic rings. The van der Waals surface area contributed by atoms with Crippen molar-refractivity contribution in [3.63, 3.8) is 0 Å². The monoisotopic (exact) mass is 313 g/mol. The number of aryl methyl sites for hydroxylation is 1. The summed E-state index contributed by atoms with van der Waals surface area (Å²) in [6, 6.07) is 16.2. The lowest BCUT2D eigenvalue weighted by molar-refractivity contribution is 0.306. The van der Waals surface area contributed by atoms with E-state index >= 15 is 0 Å². The molecule has 22 heavy (non-hydrogen) atoms. The molecule has 0 bridgehead atoms. The van der Waals surface area contributed by atoms with E-state index in [1.807, 2.05) is 42.5 Å². The molecule has 4 heteroatoms. The second-order valence-corrected chi connectivity index (χ2v) is 6.44. The van der Waals surface area contributed by atoms with Crippen molar-refractivity contribution in [3.8, 4) is 5.75 Å². The van der Waals surface area contributed by atoms with Crippen LogP contribution in [0.3, 0.4) is 0 Å². The number of hydrogen-bond acceptors (Lipinski definition) is 3. The van der Waals surface area contributed by atoms with Crippen LogP contribution in [0.1, 0.15) is 29.5 Å². The van der Waals surface area contributed by atoms with Gasteiger partial charge in [-0.05, 0) is 42.5 Å². The predicted molar refractivity (Wildman–Crippen MR) is 90.8 cm³/mol. The Morgan fingerprint density at radius 1 is 1.14 bits per heavy atom. The highest BCUT2D eigenvalue weighted by Gasteiger charge is 2.18. The van der Waals surface area contributed by atoms with Crippen molar-refractivity contribution in [2.45, 2.75) is 25.9 Å². The van der Waals surface area contributed by atoms with E-state index in [-0.39, 0.29) is 0 Å². The maximum atomic E-state index is 11.4. The van der Waals surface area contributed by atoms with Gasteiger partial charge in [0.15, 0.2) is 0 Å². The average Bonchev–Trinajstić information content (AvgIpc) is 2.54. The molecule has 0 saturated carbocycles. The Kier molecular flexibility index (Phi) is 4.80. The Balaban J connectivity index is 1.80. The molecule has 0 saturated heterocycles. The number of hydrogen-bond donors (Lipinski definition) is 0. The second-order valence-electron chi connectivity index (χ2n) is 5.41. The Bertz CT molecular complexity index is 668.